The molecule has 4 rings (SSSR count). The molecule has 7 nitrogen and oxygen atoms in total. The Morgan fingerprint density at radius 3 is 3.00 bits per heavy atom. The quantitative estimate of drug-likeness (QED) is 0.751. The lowest BCUT2D eigenvalue weighted by Gasteiger charge is -2.25. The van der Waals surface area contributed by atoms with Crippen molar-refractivity contribution in [3.8, 4) is 0 Å². The van der Waals surface area contributed by atoms with Crippen molar-refractivity contribution in [2.45, 2.75) is 64.1 Å². The van der Waals surface area contributed by atoms with Crippen LogP contribution in [-0.4, -0.2) is 45.4 Å². The fraction of sp³-hybridized carbons (Fsp3) is 0.571. The number of aromatic amines is 1. The van der Waals surface area contributed by atoms with Gasteiger partial charge in [-0.1, -0.05) is 12.5 Å². The molecule has 1 atom stereocenters. The van der Waals surface area contributed by atoms with Gasteiger partial charge >= 0.3 is 6.03 Å². The van der Waals surface area contributed by atoms with Gasteiger partial charge in [-0.15, -0.1) is 0 Å². The molecule has 28 heavy (non-hydrogen) atoms. The first-order valence-corrected chi connectivity index (χ1v) is 10.4. The summed E-state index contributed by atoms with van der Waals surface area (Å²) in [6.45, 7) is 2.30. The van der Waals surface area contributed by atoms with E-state index in [1.807, 2.05) is 23.1 Å². The van der Waals surface area contributed by atoms with E-state index >= 15 is 0 Å². The molecule has 150 valence electrons. The average Bonchev–Trinajstić information content (AvgIpc) is 3.30. The Morgan fingerprint density at radius 2 is 2.18 bits per heavy atom. The third-order valence-electron chi connectivity index (χ3n) is 5.61. The van der Waals surface area contributed by atoms with Gasteiger partial charge in [0.2, 0.25) is 0 Å². The Morgan fingerprint density at radius 1 is 1.25 bits per heavy atom. The Labute approximate surface area is 165 Å². The first-order chi connectivity index (χ1) is 13.8. The van der Waals surface area contributed by atoms with Crippen molar-refractivity contribution in [3.05, 3.63) is 47.0 Å². The molecule has 2 aromatic rings. The van der Waals surface area contributed by atoms with E-state index in [9.17, 15) is 4.79 Å². The number of aromatic nitrogens is 3. The number of nitrogens with one attached hydrogen (secondary N) is 2. The van der Waals surface area contributed by atoms with E-state index in [1.165, 1.54) is 30.5 Å². The summed E-state index contributed by atoms with van der Waals surface area (Å²) in [5.41, 5.74) is 4.39. The van der Waals surface area contributed by atoms with Gasteiger partial charge in [0.15, 0.2) is 0 Å². The lowest BCUT2D eigenvalue weighted by atomic mass is 10.1. The Kier molecular flexibility index (Phi) is 6.21. The number of aryl methyl sites for hydroxylation is 1. The molecule has 2 N–H and O–H groups in total. The summed E-state index contributed by atoms with van der Waals surface area (Å²) in [6.07, 6.45) is 9.69. The van der Waals surface area contributed by atoms with Crippen LogP contribution in [0.2, 0.25) is 0 Å². The Hall–Kier alpha value is -2.41. The Bertz CT molecular complexity index is 770. The number of pyridine rings is 1. The number of urea groups is 1. The topological polar surface area (TPSA) is 83.1 Å². The maximum Gasteiger partial charge on any atom is 0.318 e. The van der Waals surface area contributed by atoms with Crippen molar-refractivity contribution in [2.75, 3.05) is 13.2 Å². The second-order valence-corrected chi connectivity index (χ2v) is 7.68. The molecule has 1 aliphatic carbocycles. The highest BCUT2D eigenvalue weighted by Crippen LogP contribution is 2.21. The highest BCUT2D eigenvalue weighted by atomic mass is 16.5. The molecular weight excluding hydrogens is 354 g/mol. The van der Waals surface area contributed by atoms with Gasteiger partial charge in [0.25, 0.3) is 0 Å². The van der Waals surface area contributed by atoms with Crippen LogP contribution in [-0.2, 0) is 30.7 Å². The van der Waals surface area contributed by atoms with Gasteiger partial charge in [0.05, 0.1) is 30.6 Å². The zero-order valence-electron chi connectivity index (χ0n) is 16.3. The zero-order valence-corrected chi connectivity index (χ0v) is 16.3. The first kappa shape index (κ1) is 18.9. The summed E-state index contributed by atoms with van der Waals surface area (Å²) < 4.78 is 5.75. The number of rotatable bonds is 6. The number of hydrogen-bond acceptors (Lipinski definition) is 4. The second-order valence-electron chi connectivity index (χ2n) is 7.68. The molecular formula is C21H29N5O2. The molecule has 7 heteroatoms. The number of ether oxygens (including phenoxy) is 1. The van der Waals surface area contributed by atoms with E-state index < -0.39 is 0 Å². The monoisotopic (exact) mass is 383 g/mol. The van der Waals surface area contributed by atoms with Crippen molar-refractivity contribution in [3.63, 3.8) is 0 Å². The van der Waals surface area contributed by atoms with E-state index in [0.29, 0.717) is 19.6 Å². The van der Waals surface area contributed by atoms with Gasteiger partial charge < -0.3 is 15.0 Å². The predicted octanol–water partition coefficient (Wildman–Crippen LogP) is 2.96. The number of H-pyrrole nitrogens is 1. The molecule has 0 bridgehead atoms. The van der Waals surface area contributed by atoms with Crippen LogP contribution < -0.4 is 5.32 Å². The van der Waals surface area contributed by atoms with Crippen LogP contribution in [0.1, 0.15) is 54.7 Å². The number of fused-ring (bicyclic) bond motifs is 1. The summed E-state index contributed by atoms with van der Waals surface area (Å²) in [6, 6.07) is 5.69. The molecule has 0 radical (unpaired) electrons. The number of nitrogens with zero attached hydrogens (tertiary/aromatic N) is 3. The smallest absolute Gasteiger partial charge is 0.318 e. The molecule has 0 unspecified atom stereocenters. The third kappa shape index (κ3) is 4.70. The second kappa shape index (κ2) is 9.19. The number of amides is 2. The zero-order chi connectivity index (χ0) is 19.2. The van der Waals surface area contributed by atoms with Gasteiger partial charge in [-0.2, -0.15) is 5.10 Å². The first-order valence-electron chi connectivity index (χ1n) is 10.4. The normalized spacial score (nSPS) is 19.1. The van der Waals surface area contributed by atoms with E-state index in [2.05, 4.69) is 20.5 Å². The highest BCUT2D eigenvalue weighted by Gasteiger charge is 2.24. The van der Waals surface area contributed by atoms with Crippen LogP contribution in [0, 0.1) is 0 Å². The Balaban J connectivity index is 1.40. The average molecular weight is 383 g/mol. The minimum atomic E-state index is -0.0912. The van der Waals surface area contributed by atoms with Gasteiger partial charge in [-0.3, -0.25) is 10.1 Å². The summed E-state index contributed by atoms with van der Waals surface area (Å²) >= 11 is 0. The van der Waals surface area contributed by atoms with Crippen molar-refractivity contribution < 1.29 is 9.53 Å². The standard InChI is InChI=1S/C21H29N5O2/c27-21(23-13-20-18-9-2-1-3-10-19(18)24-25-20)26(15-17-8-6-12-28-17)14-16-7-4-5-11-22-16/h4-5,7,11,17H,1-3,6,8-10,12-15H2,(H,23,27)(H,24,25)/t17-/m1/s1. The lowest BCUT2D eigenvalue weighted by molar-refractivity contribution is 0.0791. The molecule has 0 saturated carbocycles. The number of carbonyl (C=O) groups excluding carboxylic acids is 1. The molecule has 1 aliphatic heterocycles. The van der Waals surface area contributed by atoms with E-state index in [-0.39, 0.29) is 12.1 Å². The molecule has 3 heterocycles. The summed E-state index contributed by atoms with van der Waals surface area (Å²) in [5, 5.41) is 10.7. The van der Waals surface area contributed by atoms with Crippen molar-refractivity contribution in [1.82, 2.24) is 25.4 Å². The van der Waals surface area contributed by atoms with Gasteiger partial charge in [0, 0.05) is 25.0 Å². The molecule has 2 aliphatic rings. The summed E-state index contributed by atoms with van der Waals surface area (Å²) in [7, 11) is 0. The van der Waals surface area contributed by atoms with Crippen LogP contribution in [0.4, 0.5) is 4.79 Å². The molecule has 1 saturated heterocycles. The lowest BCUT2D eigenvalue weighted by Crippen LogP contribution is -2.43. The van der Waals surface area contributed by atoms with Crippen LogP contribution >= 0.6 is 0 Å². The molecule has 2 aromatic heterocycles. The SMILES string of the molecule is O=C(NCc1n[nH]c2c1CCCCC2)N(Cc1ccccn1)C[C@H]1CCCO1. The molecule has 0 aromatic carbocycles. The van der Waals surface area contributed by atoms with Gasteiger partial charge in [-0.25, -0.2) is 4.79 Å². The van der Waals surface area contributed by atoms with Crippen molar-refractivity contribution in [1.29, 1.82) is 0 Å². The molecule has 2 amide bonds. The van der Waals surface area contributed by atoms with E-state index in [1.54, 1.807) is 6.20 Å². The fourth-order valence-electron chi connectivity index (χ4n) is 4.08. The number of carbonyl (C=O) groups is 1. The largest absolute Gasteiger partial charge is 0.376 e. The van der Waals surface area contributed by atoms with E-state index in [0.717, 1.165) is 43.7 Å². The van der Waals surface area contributed by atoms with Crippen molar-refractivity contribution in [2.24, 2.45) is 0 Å². The minimum Gasteiger partial charge on any atom is -0.376 e. The van der Waals surface area contributed by atoms with E-state index in [4.69, 9.17) is 4.74 Å². The van der Waals surface area contributed by atoms with Gasteiger partial charge in [0.1, 0.15) is 0 Å². The molecule has 1 fully saturated rings. The van der Waals surface area contributed by atoms with Crippen LogP contribution in [0.25, 0.3) is 0 Å². The fourth-order valence-corrected chi connectivity index (χ4v) is 4.08. The predicted molar refractivity (Wildman–Crippen MR) is 106 cm³/mol. The molecule has 0 spiro atoms. The minimum absolute atomic E-state index is 0.0912. The van der Waals surface area contributed by atoms with Crippen LogP contribution in [0.3, 0.4) is 0 Å². The van der Waals surface area contributed by atoms with Crippen LogP contribution in [0.5, 0.6) is 0 Å². The summed E-state index contributed by atoms with van der Waals surface area (Å²) in [5.74, 6) is 0. The highest BCUT2D eigenvalue weighted by molar-refractivity contribution is 5.74. The number of hydrogen-bond donors (Lipinski definition) is 2. The maximum absolute atomic E-state index is 13.0. The maximum atomic E-state index is 13.0. The third-order valence-corrected chi connectivity index (χ3v) is 5.61. The van der Waals surface area contributed by atoms with Gasteiger partial charge in [-0.05, 0) is 56.2 Å². The summed E-state index contributed by atoms with van der Waals surface area (Å²) in [4.78, 5) is 19.1. The van der Waals surface area contributed by atoms with Crippen LogP contribution in [0.15, 0.2) is 24.4 Å². The van der Waals surface area contributed by atoms with Crippen molar-refractivity contribution >= 4 is 6.03 Å².